The Morgan fingerprint density at radius 2 is 1.76 bits per heavy atom. The second-order valence-corrected chi connectivity index (χ2v) is 15.2. The van der Waals surface area contributed by atoms with Crippen molar-refractivity contribution < 1.29 is 23.8 Å². The molecule has 7 atom stereocenters. The smallest absolute Gasteiger partial charge is 0.416 e. The van der Waals surface area contributed by atoms with Gasteiger partial charge in [-0.25, -0.2) is 4.79 Å². The minimum Gasteiger partial charge on any atom is -0.493 e. The van der Waals surface area contributed by atoms with Gasteiger partial charge in [-0.3, -0.25) is 9.69 Å². The lowest BCUT2D eigenvalue weighted by Crippen LogP contribution is -2.54. The van der Waals surface area contributed by atoms with E-state index in [2.05, 4.69) is 46.8 Å². The first-order valence-corrected chi connectivity index (χ1v) is 16.3. The first-order chi connectivity index (χ1) is 19.5. The molecule has 1 aromatic carbocycles. The molecule has 0 N–H and O–H groups in total. The van der Waals surface area contributed by atoms with Crippen molar-refractivity contribution in [1.82, 2.24) is 4.90 Å². The van der Waals surface area contributed by atoms with Crippen LogP contribution in [0.5, 0.6) is 11.5 Å². The van der Waals surface area contributed by atoms with Crippen molar-refractivity contribution in [2.24, 2.45) is 28.6 Å². The van der Waals surface area contributed by atoms with Crippen LogP contribution in [0.15, 0.2) is 12.1 Å². The van der Waals surface area contributed by atoms with Crippen LogP contribution in [-0.2, 0) is 21.4 Å². The molecule has 226 valence electrons. The quantitative estimate of drug-likeness (QED) is 0.343. The largest absolute Gasteiger partial charge is 0.493 e. The number of rotatable bonds is 7. The molecule has 3 aliphatic carbocycles. The van der Waals surface area contributed by atoms with Gasteiger partial charge in [0.15, 0.2) is 11.5 Å². The Labute approximate surface area is 246 Å². The number of hydrogen-bond donors (Lipinski definition) is 0. The van der Waals surface area contributed by atoms with Gasteiger partial charge in [0.05, 0.1) is 32.4 Å². The lowest BCUT2D eigenvalue weighted by atomic mass is 9.46. The van der Waals surface area contributed by atoms with Gasteiger partial charge in [0.25, 0.3) is 0 Å². The van der Waals surface area contributed by atoms with Gasteiger partial charge in [0.1, 0.15) is 5.78 Å². The van der Waals surface area contributed by atoms with Crippen LogP contribution in [0.2, 0.25) is 0 Å². The molecule has 41 heavy (non-hydrogen) atoms. The van der Waals surface area contributed by atoms with Gasteiger partial charge in [-0.1, -0.05) is 41.0 Å². The summed E-state index contributed by atoms with van der Waals surface area (Å²) in [7, 11) is 1.67. The summed E-state index contributed by atoms with van der Waals surface area (Å²) in [6, 6.07) is 4.50. The number of Topliss-reactive ketones (excluding diaryl/α,β-unsaturated/α-hetero) is 1. The third-order valence-corrected chi connectivity index (χ3v) is 12.2. The highest BCUT2D eigenvalue weighted by molar-refractivity contribution is 5.87. The molecule has 2 aliphatic heterocycles. The van der Waals surface area contributed by atoms with E-state index in [1.807, 2.05) is 4.90 Å². The van der Waals surface area contributed by atoms with Crippen molar-refractivity contribution >= 4 is 11.9 Å². The van der Waals surface area contributed by atoms with Crippen LogP contribution in [0.25, 0.3) is 0 Å². The maximum atomic E-state index is 13.4. The predicted molar refractivity (Wildman–Crippen MR) is 160 cm³/mol. The van der Waals surface area contributed by atoms with Gasteiger partial charge in [-0.2, -0.15) is 0 Å². The maximum absolute atomic E-state index is 13.4. The van der Waals surface area contributed by atoms with Gasteiger partial charge in [0.2, 0.25) is 0 Å². The number of ether oxygens (including phenoxy) is 3. The molecule has 6 nitrogen and oxygen atoms in total. The summed E-state index contributed by atoms with van der Waals surface area (Å²) in [6.07, 6.45) is 11.2. The third-order valence-electron chi connectivity index (χ3n) is 12.2. The van der Waals surface area contributed by atoms with Crippen LogP contribution in [0.3, 0.4) is 0 Å². The average molecular weight is 566 g/mol. The Bertz CT molecular complexity index is 1180. The van der Waals surface area contributed by atoms with Crippen LogP contribution >= 0.6 is 0 Å². The number of ketones is 1. The standard InChI is InChI=1S/C35H51NO5/c1-7-13-33(2,3)14-12-22-17-23-18-29(41-32(38)36-24-8-9-25(36)21-40-20-24)28(39-6)19-27(23)35(5)16-15-34(4)26(31(22)35)10-11-30(34)37/h18-19,22,24-26,31H,7-17,20-21H2,1-6H3. The third kappa shape index (κ3) is 4.80. The summed E-state index contributed by atoms with van der Waals surface area (Å²) in [5, 5.41) is 0. The zero-order valence-corrected chi connectivity index (χ0v) is 26.2. The molecule has 6 heteroatoms. The summed E-state index contributed by atoms with van der Waals surface area (Å²) >= 11 is 0. The van der Waals surface area contributed by atoms with E-state index in [0.717, 1.165) is 44.9 Å². The predicted octanol–water partition coefficient (Wildman–Crippen LogP) is 7.49. The van der Waals surface area contributed by atoms with Crippen molar-refractivity contribution in [2.45, 2.75) is 123 Å². The van der Waals surface area contributed by atoms with Crippen LogP contribution < -0.4 is 9.47 Å². The molecule has 0 aromatic heterocycles. The highest BCUT2D eigenvalue weighted by Crippen LogP contribution is 2.64. The van der Waals surface area contributed by atoms with Gasteiger partial charge >= 0.3 is 6.09 Å². The number of amides is 1. The van der Waals surface area contributed by atoms with E-state index in [0.29, 0.717) is 53.7 Å². The Hall–Kier alpha value is -2.08. The van der Waals surface area contributed by atoms with Crippen molar-refractivity contribution in [1.29, 1.82) is 0 Å². The zero-order valence-electron chi connectivity index (χ0n) is 26.2. The lowest BCUT2D eigenvalue weighted by molar-refractivity contribution is -0.132. The van der Waals surface area contributed by atoms with Crippen LogP contribution in [0, 0.1) is 28.6 Å². The monoisotopic (exact) mass is 565 g/mol. The van der Waals surface area contributed by atoms with Crippen molar-refractivity contribution in [2.75, 3.05) is 20.3 Å². The fraction of sp³-hybridized carbons (Fsp3) is 0.771. The Morgan fingerprint density at radius 1 is 1.05 bits per heavy atom. The Morgan fingerprint density at radius 3 is 2.44 bits per heavy atom. The molecule has 1 amide bonds. The van der Waals surface area contributed by atoms with Gasteiger partial charge in [-0.15, -0.1) is 0 Å². The number of carbonyl (C=O) groups is 2. The summed E-state index contributed by atoms with van der Waals surface area (Å²) in [5.41, 5.74) is 2.74. The van der Waals surface area contributed by atoms with Crippen molar-refractivity contribution in [3.05, 3.63) is 23.3 Å². The van der Waals surface area contributed by atoms with Crippen LogP contribution in [0.1, 0.15) is 110 Å². The second kappa shape index (κ2) is 10.6. The fourth-order valence-corrected chi connectivity index (χ4v) is 9.98. The van der Waals surface area contributed by atoms with E-state index < -0.39 is 0 Å². The molecule has 4 fully saturated rings. The summed E-state index contributed by atoms with van der Waals surface area (Å²) < 4.78 is 17.7. The molecular formula is C35H51NO5. The maximum Gasteiger partial charge on any atom is 0.416 e. The van der Waals surface area contributed by atoms with E-state index in [1.165, 1.54) is 36.8 Å². The number of benzene rings is 1. The van der Waals surface area contributed by atoms with E-state index in [9.17, 15) is 9.59 Å². The second-order valence-electron chi connectivity index (χ2n) is 15.2. The number of hydrogen-bond acceptors (Lipinski definition) is 5. The summed E-state index contributed by atoms with van der Waals surface area (Å²) in [6.45, 7) is 13.0. The molecule has 1 aromatic rings. The van der Waals surface area contributed by atoms with Gasteiger partial charge < -0.3 is 14.2 Å². The fourth-order valence-electron chi connectivity index (χ4n) is 9.98. The summed E-state index contributed by atoms with van der Waals surface area (Å²) in [4.78, 5) is 28.6. The molecule has 6 rings (SSSR count). The van der Waals surface area contributed by atoms with Crippen molar-refractivity contribution in [3.8, 4) is 11.5 Å². The number of methoxy groups -OCH3 is 1. The van der Waals surface area contributed by atoms with E-state index in [1.54, 1.807) is 7.11 Å². The van der Waals surface area contributed by atoms with E-state index in [4.69, 9.17) is 14.2 Å². The number of carbonyl (C=O) groups excluding carboxylic acids is 2. The normalized spacial score (nSPS) is 36.0. The SMILES string of the molecule is CCCC(C)(C)CCC1Cc2cc(OC(=O)N3C4CCC3COC4)c(OC)cc2C2(C)CCC3(C)C(=O)CCC3C12. The molecular weight excluding hydrogens is 514 g/mol. The molecule has 5 aliphatic rings. The topological polar surface area (TPSA) is 65.1 Å². The van der Waals surface area contributed by atoms with E-state index >= 15 is 0 Å². The van der Waals surface area contributed by atoms with E-state index in [-0.39, 0.29) is 29.0 Å². The van der Waals surface area contributed by atoms with Gasteiger partial charge in [0, 0.05) is 11.8 Å². The minimum absolute atomic E-state index is 0.0267. The molecule has 2 saturated heterocycles. The number of fused-ring (bicyclic) bond motifs is 7. The lowest BCUT2D eigenvalue weighted by Gasteiger charge is -2.57. The van der Waals surface area contributed by atoms with Crippen LogP contribution in [-0.4, -0.2) is 49.2 Å². The molecule has 7 unspecified atom stereocenters. The molecule has 2 heterocycles. The zero-order chi connectivity index (χ0) is 29.2. The number of nitrogens with zero attached hydrogens (tertiary/aromatic N) is 1. The van der Waals surface area contributed by atoms with Gasteiger partial charge in [-0.05, 0) is 110 Å². The number of morpholine rings is 1. The first kappa shape index (κ1) is 29.0. The van der Waals surface area contributed by atoms with Crippen molar-refractivity contribution in [3.63, 3.8) is 0 Å². The molecule has 2 bridgehead atoms. The highest BCUT2D eigenvalue weighted by Gasteiger charge is 2.61. The average Bonchev–Trinajstić information content (AvgIpc) is 3.37. The Kier molecular flexibility index (Phi) is 7.48. The minimum atomic E-state index is -0.283. The molecule has 0 spiro atoms. The van der Waals surface area contributed by atoms with Crippen LogP contribution in [0.4, 0.5) is 4.79 Å². The molecule has 2 saturated carbocycles. The summed E-state index contributed by atoms with van der Waals surface area (Å²) in [5.74, 6) is 3.06. The highest BCUT2D eigenvalue weighted by atomic mass is 16.6. The Balaban J connectivity index is 1.35. The molecule has 0 radical (unpaired) electrons. The first-order valence-electron chi connectivity index (χ1n) is 16.3.